The van der Waals surface area contributed by atoms with Crippen LogP contribution in [0.3, 0.4) is 0 Å². The normalized spacial score (nSPS) is 15.2. The molecule has 0 aliphatic carbocycles. The summed E-state index contributed by atoms with van der Waals surface area (Å²) in [6.45, 7) is 8.96. The zero-order chi connectivity index (χ0) is 12.8. The average Bonchev–Trinajstić information content (AvgIpc) is 2.67. The van der Waals surface area contributed by atoms with Crippen LogP contribution in [-0.2, 0) is 6.42 Å². The maximum atomic E-state index is 4.70. The molecule has 0 saturated carbocycles. The van der Waals surface area contributed by atoms with Gasteiger partial charge in [-0.1, -0.05) is 43.6 Å². The molecule has 0 amide bonds. The zero-order valence-corrected chi connectivity index (χ0v) is 13.1. The number of halogens is 1. The van der Waals surface area contributed by atoms with Gasteiger partial charge in [0, 0.05) is 11.0 Å². The average molecular weight is 301 g/mol. The fraction of sp³-hybridized carbons (Fsp3) is 0.786. The van der Waals surface area contributed by atoms with Gasteiger partial charge in [-0.15, -0.1) is 0 Å². The zero-order valence-electron chi connectivity index (χ0n) is 11.5. The number of hydrogen-bond acceptors (Lipinski definition) is 1. The largest absolute Gasteiger partial charge is 0.269 e. The van der Waals surface area contributed by atoms with E-state index in [9.17, 15) is 0 Å². The molecule has 2 atom stereocenters. The molecular formula is C14H25BrN2. The van der Waals surface area contributed by atoms with Crippen molar-refractivity contribution in [2.24, 2.45) is 5.92 Å². The minimum Gasteiger partial charge on any atom is -0.269 e. The van der Waals surface area contributed by atoms with Crippen molar-refractivity contribution in [3.63, 3.8) is 0 Å². The van der Waals surface area contributed by atoms with Crippen LogP contribution in [-0.4, -0.2) is 14.6 Å². The molecule has 0 radical (unpaired) electrons. The lowest BCUT2D eigenvalue weighted by molar-refractivity contribution is 0.421. The summed E-state index contributed by atoms with van der Waals surface area (Å²) in [5.74, 6) is 0.689. The Morgan fingerprint density at radius 1 is 1.29 bits per heavy atom. The molecule has 2 unspecified atom stereocenters. The molecular weight excluding hydrogens is 276 g/mol. The molecule has 2 nitrogen and oxygen atoms in total. The van der Waals surface area contributed by atoms with Crippen LogP contribution in [0.1, 0.15) is 58.7 Å². The second-order valence-electron chi connectivity index (χ2n) is 5.08. The van der Waals surface area contributed by atoms with Gasteiger partial charge in [0.1, 0.15) is 0 Å². The highest BCUT2D eigenvalue weighted by atomic mass is 79.9. The predicted molar refractivity (Wildman–Crippen MR) is 77.7 cm³/mol. The van der Waals surface area contributed by atoms with Gasteiger partial charge in [0.25, 0.3) is 0 Å². The van der Waals surface area contributed by atoms with Crippen LogP contribution < -0.4 is 0 Å². The Kier molecular flexibility index (Phi) is 6.24. The standard InChI is InChI=1S/C14H25BrN2/c1-5-14(6-2)17-8-7-13(16-17)10-11(3)9-12(4)15/h7-8,11-12,14H,5-6,9-10H2,1-4H3. The summed E-state index contributed by atoms with van der Waals surface area (Å²) < 4.78 is 2.14. The van der Waals surface area contributed by atoms with Gasteiger partial charge in [0.05, 0.1) is 11.7 Å². The molecule has 17 heavy (non-hydrogen) atoms. The van der Waals surface area contributed by atoms with Crippen LogP contribution >= 0.6 is 15.9 Å². The number of nitrogens with zero attached hydrogens (tertiary/aromatic N) is 2. The first kappa shape index (κ1) is 14.7. The van der Waals surface area contributed by atoms with Crippen LogP contribution in [0.25, 0.3) is 0 Å². The van der Waals surface area contributed by atoms with Crippen molar-refractivity contribution in [2.45, 2.75) is 64.2 Å². The van der Waals surface area contributed by atoms with E-state index in [-0.39, 0.29) is 0 Å². The van der Waals surface area contributed by atoms with Crippen LogP contribution in [0.15, 0.2) is 12.3 Å². The van der Waals surface area contributed by atoms with Gasteiger partial charge >= 0.3 is 0 Å². The van der Waals surface area contributed by atoms with Gasteiger partial charge in [0.15, 0.2) is 0 Å². The summed E-state index contributed by atoms with van der Waals surface area (Å²) in [7, 11) is 0. The molecule has 0 N–H and O–H groups in total. The van der Waals surface area contributed by atoms with E-state index in [1.165, 1.54) is 12.1 Å². The van der Waals surface area contributed by atoms with Crippen molar-refractivity contribution in [3.8, 4) is 0 Å². The quantitative estimate of drug-likeness (QED) is 0.673. The first-order valence-electron chi connectivity index (χ1n) is 6.74. The van der Waals surface area contributed by atoms with Crippen LogP contribution in [0.2, 0.25) is 0 Å². The maximum absolute atomic E-state index is 4.70. The highest BCUT2D eigenvalue weighted by Crippen LogP contribution is 2.19. The number of rotatable bonds is 7. The SMILES string of the molecule is CCC(CC)n1ccc(CC(C)CC(C)Br)n1. The molecule has 1 rings (SSSR count). The lowest BCUT2D eigenvalue weighted by atomic mass is 10.0. The van der Waals surface area contributed by atoms with E-state index >= 15 is 0 Å². The number of alkyl halides is 1. The molecule has 0 saturated heterocycles. The second-order valence-corrected chi connectivity index (χ2v) is 6.65. The monoisotopic (exact) mass is 300 g/mol. The summed E-state index contributed by atoms with van der Waals surface area (Å²) in [6, 6.07) is 2.74. The minimum atomic E-state index is 0.564. The Morgan fingerprint density at radius 3 is 2.47 bits per heavy atom. The topological polar surface area (TPSA) is 17.8 Å². The summed E-state index contributed by atoms with van der Waals surface area (Å²) >= 11 is 3.61. The molecule has 0 aromatic carbocycles. The van der Waals surface area contributed by atoms with Gasteiger partial charge < -0.3 is 0 Å². The van der Waals surface area contributed by atoms with Gasteiger partial charge in [0.2, 0.25) is 0 Å². The third-order valence-electron chi connectivity index (χ3n) is 3.26. The van der Waals surface area contributed by atoms with E-state index < -0.39 is 0 Å². The third kappa shape index (κ3) is 4.82. The molecule has 3 heteroatoms. The summed E-state index contributed by atoms with van der Waals surface area (Å²) in [5.41, 5.74) is 1.23. The van der Waals surface area contributed by atoms with E-state index in [1.807, 2.05) is 0 Å². The van der Waals surface area contributed by atoms with Gasteiger partial charge in [-0.25, -0.2) is 0 Å². The molecule has 0 bridgehead atoms. The van der Waals surface area contributed by atoms with Crippen molar-refractivity contribution in [3.05, 3.63) is 18.0 Å². The van der Waals surface area contributed by atoms with E-state index in [2.05, 4.69) is 60.6 Å². The molecule has 1 aromatic heterocycles. The molecule has 0 aliphatic rings. The highest BCUT2D eigenvalue weighted by Gasteiger charge is 2.11. The molecule has 1 heterocycles. The second kappa shape index (κ2) is 7.20. The predicted octanol–water partition coefficient (Wildman–Crippen LogP) is 4.60. The van der Waals surface area contributed by atoms with Gasteiger partial charge in [-0.3, -0.25) is 4.68 Å². The maximum Gasteiger partial charge on any atom is 0.0627 e. The smallest absolute Gasteiger partial charge is 0.0627 e. The Bertz CT molecular complexity index is 316. The van der Waals surface area contributed by atoms with E-state index in [4.69, 9.17) is 5.10 Å². The van der Waals surface area contributed by atoms with E-state index in [0.717, 1.165) is 19.3 Å². The molecule has 98 valence electrons. The number of aromatic nitrogens is 2. The Balaban J connectivity index is 2.56. The van der Waals surface area contributed by atoms with Crippen molar-refractivity contribution in [1.29, 1.82) is 0 Å². The van der Waals surface area contributed by atoms with Crippen molar-refractivity contribution in [2.75, 3.05) is 0 Å². The van der Waals surface area contributed by atoms with Crippen molar-refractivity contribution >= 4 is 15.9 Å². The Hall–Kier alpha value is -0.310. The Labute approximate surface area is 114 Å². The fourth-order valence-corrected chi connectivity index (χ4v) is 2.99. The van der Waals surface area contributed by atoms with Crippen LogP contribution in [0.4, 0.5) is 0 Å². The van der Waals surface area contributed by atoms with Crippen molar-refractivity contribution in [1.82, 2.24) is 9.78 Å². The fourth-order valence-electron chi connectivity index (χ4n) is 2.35. The summed E-state index contributed by atoms with van der Waals surface area (Å²) in [5, 5.41) is 4.70. The summed E-state index contributed by atoms with van der Waals surface area (Å²) in [6.07, 6.45) is 6.75. The highest BCUT2D eigenvalue weighted by molar-refractivity contribution is 9.09. The molecule has 0 fully saturated rings. The van der Waals surface area contributed by atoms with Gasteiger partial charge in [-0.2, -0.15) is 5.10 Å². The summed E-state index contributed by atoms with van der Waals surface area (Å²) in [4.78, 5) is 0.596. The van der Waals surface area contributed by atoms with Gasteiger partial charge in [-0.05, 0) is 37.7 Å². The third-order valence-corrected chi connectivity index (χ3v) is 3.64. The van der Waals surface area contributed by atoms with E-state index in [0.29, 0.717) is 16.8 Å². The Morgan fingerprint density at radius 2 is 1.94 bits per heavy atom. The minimum absolute atomic E-state index is 0.564. The first-order chi connectivity index (χ1) is 8.06. The van der Waals surface area contributed by atoms with Crippen molar-refractivity contribution < 1.29 is 0 Å². The number of hydrogen-bond donors (Lipinski definition) is 0. The molecule has 0 aliphatic heterocycles. The first-order valence-corrected chi connectivity index (χ1v) is 7.66. The van der Waals surface area contributed by atoms with Crippen LogP contribution in [0.5, 0.6) is 0 Å². The lowest BCUT2D eigenvalue weighted by Gasteiger charge is -2.13. The van der Waals surface area contributed by atoms with E-state index in [1.54, 1.807) is 0 Å². The lowest BCUT2D eigenvalue weighted by Crippen LogP contribution is -2.09. The molecule has 0 spiro atoms. The molecule has 1 aromatic rings. The van der Waals surface area contributed by atoms with Crippen LogP contribution in [0, 0.1) is 5.92 Å².